The lowest BCUT2D eigenvalue weighted by Crippen LogP contribution is -2.20. The minimum absolute atomic E-state index is 0.173. The fourth-order valence-electron chi connectivity index (χ4n) is 2.05. The fourth-order valence-corrected chi connectivity index (χ4v) is 3.03. The quantitative estimate of drug-likeness (QED) is 0.823. The van der Waals surface area contributed by atoms with E-state index in [0.717, 1.165) is 24.2 Å². The van der Waals surface area contributed by atoms with Crippen molar-refractivity contribution in [2.75, 3.05) is 13.7 Å². The van der Waals surface area contributed by atoms with Crippen LogP contribution < -0.4 is 5.56 Å². The summed E-state index contributed by atoms with van der Waals surface area (Å²) < 4.78 is 6.49. The van der Waals surface area contributed by atoms with Crippen LogP contribution in [0.1, 0.15) is 28.1 Å². The molecular formula is C13H16N2O4S. The molecule has 0 aromatic carbocycles. The largest absolute Gasteiger partial charge is 0.477 e. The van der Waals surface area contributed by atoms with E-state index in [4.69, 9.17) is 9.84 Å². The van der Waals surface area contributed by atoms with E-state index in [1.807, 2.05) is 0 Å². The average molecular weight is 296 g/mol. The third-order valence-corrected chi connectivity index (χ3v) is 4.30. The van der Waals surface area contributed by atoms with Crippen LogP contribution in [0, 0.1) is 6.92 Å². The number of methoxy groups -OCH3 is 1. The molecule has 7 heteroatoms. The van der Waals surface area contributed by atoms with Gasteiger partial charge in [-0.15, -0.1) is 11.3 Å². The lowest BCUT2D eigenvalue weighted by molar-refractivity contribution is 0.0701. The first-order valence-corrected chi connectivity index (χ1v) is 7.08. The second-order valence-corrected chi connectivity index (χ2v) is 5.48. The Balaban J connectivity index is 2.35. The lowest BCUT2D eigenvalue weighted by atomic mass is 10.2. The van der Waals surface area contributed by atoms with Gasteiger partial charge in [-0.3, -0.25) is 9.36 Å². The average Bonchev–Trinajstić information content (AvgIpc) is 2.75. The number of carbonyl (C=O) groups is 1. The van der Waals surface area contributed by atoms with Gasteiger partial charge in [-0.1, -0.05) is 0 Å². The Hall–Kier alpha value is -1.73. The van der Waals surface area contributed by atoms with Crippen LogP contribution >= 0.6 is 11.3 Å². The van der Waals surface area contributed by atoms with E-state index in [9.17, 15) is 9.59 Å². The minimum Gasteiger partial charge on any atom is -0.477 e. The van der Waals surface area contributed by atoms with Crippen LogP contribution in [0.3, 0.4) is 0 Å². The number of aromatic nitrogens is 2. The number of hydrogen-bond donors (Lipinski definition) is 1. The molecule has 2 aromatic rings. The van der Waals surface area contributed by atoms with Gasteiger partial charge in [-0.2, -0.15) is 0 Å². The first kappa shape index (κ1) is 14.7. The smallest absolute Gasteiger partial charge is 0.346 e. The number of unbranched alkanes of at least 4 members (excludes halogenated alkanes) is 1. The predicted octanol–water partition coefficient (Wildman–Crippen LogP) is 1.89. The maximum Gasteiger partial charge on any atom is 0.346 e. The number of aromatic carboxylic acids is 1. The first-order valence-electron chi connectivity index (χ1n) is 6.27. The SMILES string of the molecule is COCCCCn1cnc2sc(C(=O)O)c(C)c2c1=O. The van der Waals surface area contributed by atoms with Gasteiger partial charge in [0.1, 0.15) is 9.71 Å². The molecule has 0 fully saturated rings. The summed E-state index contributed by atoms with van der Waals surface area (Å²) in [6, 6.07) is 0. The van der Waals surface area contributed by atoms with Crippen molar-refractivity contribution in [1.82, 2.24) is 9.55 Å². The molecule has 1 N–H and O–H groups in total. The van der Waals surface area contributed by atoms with E-state index in [0.29, 0.717) is 28.9 Å². The summed E-state index contributed by atoms with van der Waals surface area (Å²) in [4.78, 5) is 28.3. The molecule has 0 amide bonds. The molecule has 0 bridgehead atoms. The third kappa shape index (κ3) is 2.73. The molecule has 20 heavy (non-hydrogen) atoms. The molecular weight excluding hydrogens is 280 g/mol. The van der Waals surface area contributed by atoms with Crippen molar-refractivity contribution in [2.45, 2.75) is 26.3 Å². The molecule has 0 unspecified atom stereocenters. The van der Waals surface area contributed by atoms with Crippen molar-refractivity contribution >= 4 is 27.5 Å². The highest BCUT2D eigenvalue weighted by molar-refractivity contribution is 7.20. The summed E-state index contributed by atoms with van der Waals surface area (Å²) in [6.45, 7) is 2.87. The highest BCUT2D eigenvalue weighted by Gasteiger charge is 2.18. The molecule has 2 rings (SSSR count). The van der Waals surface area contributed by atoms with Crippen molar-refractivity contribution in [3.63, 3.8) is 0 Å². The van der Waals surface area contributed by atoms with E-state index >= 15 is 0 Å². The zero-order chi connectivity index (χ0) is 14.7. The Kier molecular flexibility index (Phi) is 4.51. The Morgan fingerprint density at radius 2 is 2.25 bits per heavy atom. The van der Waals surface area contributed by atoms with Crippen LogP contribution in [-0.2, 0) is 11.3 Å². The number of carboxylic acid groups (broad SMARTS) is 1. The summed E-state index contributed by atoms with van der Waals surface area (Å²) in [5, 5.41) is 9.51. The van der Waals surface area contributed by atoms with Crippen molar-refractivity contribution in [2.24, 2.45) is 0 Å². The maximum absolute atomic E-state index is 12.4. The molecule has 2 heterocycles. The monoisotopic (exact) mass is 296 g/mol. The van der Waals surface area contributed by atoms with Gasteiger partial charge in [0.25, 0.3) is 5.56 Å². The molecule has 108 valence electrons. The van der Waals surface area contributed by atoms with Gasteiger partial charge >= 0.3 is 5.97 Å². The number of carboxylic acids is 1. The van der Waals surface area contributed by atoms with Crippen LogP contribution in [0.15, 0.2) is 11.1 Å². The van der Waals surface area contributed by atoms with E-state index in [1.54, 1.807) is 14.0 Å². The number of rotatable bonds is 6. The van der Waals surface area contributed by atoms with Gasteiger partial charge in [0, 0.05) is 20.3 Å². The predicted molar refractivity (Wildman–Crippen MR) is 76.7 cm³/mol. The van der Waals surface area contributed by atoms with Gasteiger partial charge in [-0.25, -0.2) is 9.78 Å². The molecule has 2 aromatic heterocycles. The van der Waals surface area contributed by atoms with Crippen molar-refractivity contribution in [3.05, 3.63) is 27.1 Å². The van der Waals surface area contributed by atoms with E-state index < -0.39 is 5.97 Å². The van der Waals surface area contributed by atoms with Gasteiger partial charge < -0.3 is 9.84 Å². The second-order valence-electron chi connectivity index (χ2n) is 4.48. The summed E-state index contributed by atoms with van der Waals surface area (Å²) in [5.74, 6) is -1.02. The standard InChI is InChI=1S/C13H16N2O4S/c1-8-9-11(20-10(8)13(17)18)14-7-15(12(9)16)5-3-4-6-19-2/h7H,3-6H2,1-2H3,(H,17,18). The molecule has 0 saturated heterocycles. The lowest BCUT2D eigenvalue weighted by Gasteiger charge is -2.05. The zero-order valence-electron chi connectivity index (χ0n) is 11.4. The number of hydrogen-bond acceptors (Lipinski definition) is 5. The van der Waals surface area contributed by atoms with Gasteiger partial charge in [0.15, 0.2) is 0 Å². The Morgan fingerprint density at radius 1 is 1.50 bits per heavy atom. The first-order chi connectivity index (χ1) is 9.56. The van der Waals surface area contributed by atoms with Crippen LogP contribution in [-0.4, -0.2) is 34.3 Å². The normalized spacial score (nSPS) is 11.1. The van der Waals surface area contributed by atoms with Crippen molar-refractivity contribution in [1.29, 1.82) is 0 Å². The van der Waals surface area contributed by atoms with Crippen molar-refractivity contribution in [3.8, 4) is 0 Å². The topological polar surface area (TPSA) is 81.4 Å². The Morgan fingerprint density at radius 3 is 2.90 bits per heavy atom. The Bertz CT molecular complexity index is 689. The molecule has 0 aliphatic carbocycles. The van der Waals surface area contributed by atoms with E-state index in [1.165, 1.54) is 10.9 Å². The van der Waals surface area contributed by atoms with E-state index in [2.05, 4.69) is 4.98 Å². The number of nitrogens with zero attached hydrogens (tertiary/aromatic N) is 2. The fraction of sp³-hybridized carbons (Fsp3) is 0.462. The minimum atomic E-state index is -1.02. The Labute approximate surface area is 119 Å². The molecule has 0 atom stereocenters. The van der Waals surface area contributed by atoms with Crippen molar-refractivity contribution < 1.29 is 14.6 Å². The molecule has 0 aliphatic rings. The summed E-state index contributed by atoms with van der Waals surface area (Å²) in [6.07, 6.45) is 3.17. The summed E-state index contributed by atoms with van der Waals surface area (Å²) in [5.41, 5.74) is 0.329. The van der Waals surface area contributed by atoms with Gasteiger partial charge in [0.2, 0.25) is 0 Å². The van der Waals surface area contributed by atoms with Crippen LogP contribution in [0.4, 0.5) is 0 Å². The number of thiophene rings is 1. The number of ether oxygens (including phenoxy) is 1. The number of fused-ring (bicyclic) bond motifs is 1. The molecule has 0 saturated carbocycles. The molecule has 0 radical (unpaired) electrons. The van der Waals surface area contributed by atoms with Gasteiger partial charge in [-0.05, 0) is 25.3 Å². The second kappa shape index (κ2) is 6.15. The molecule has 0 spiro atoms. The number of aryl methyl sites for hydroxylation is 2. The maximum atomic E-state index is 12.4. The van der Waals surface area contributed by atoms with Crippen LogP contribution in [0.2, 0.25) is 0 Å². The molecule has 0 aliphatic heterocycles. The summed E-state index contributed by atoms with van der Waals surface area (Å²) >= 11 is 1.04. The highest BCUT2D eigenvalue weighted by Crippen LogP contribution is 2.26. The van der Waals surface area contributed by atoms with E-state index in [-0.39, 0.29) is 10.4 Å². The van der Waals surface area contributed by atoms with Gasteiger partial charge in [0.05, 0.1) is 11.7 Å². The highest BCUT2D eigenvalue weighted by atomic mass is 32.1. The van der Waals surface area contributed by atoms with Crippen LogP contribution in [0.5, 0.6) is 0 Å². The van der Waals surface area contributed by atoms with Crippen LogP contribution in [0.25, 0.3) is 10.2 Å². The summed E-state index contributed by atoms with van der Waals surface area (Å²) in [7, 11) is 1.64. The molecule has 6 nitrogen and oxygen atoms in total. The zero-order valence-corrected chi connectivity index (χ0v) is 12.2. The third-order valence-electron chi connectivity index (χ3n) is 3.11.